The van der Waals surface area contributed by atoms with E-state index in [1.54, 1.807) is 24.3 Å². The molecule has 0 unspecified atom stereocenters. The number of nitrogens with zero attached hydrogens (tertiary/aromatic N) is 3. The third-order valence-corrected chi connectivity index (χ3v) is 4.69. The first-order valence-electron chi connectivity index (χ1n) is 7.82. The van der Waals surface area contributed by atoms with Crippen molar-refractivity contribution < 1.29 is 9.59 Å². The molecule has 2 aromatic carbocycles. The highest BCUT2D eigenvalue weighted by Gasteiger charge is 2.14. The number of amides is 2. The number of para-hydroxylation sites is 1. The van der Waals surface area contributed by atoms with Gasteiger partial charge in [-0.25, -0.2) is 0 Å². The highest BCUT2D eigenvalue weighted by Crippen LogP contribution is 2.22. The number of hydrogen-bond acceptors (Lipinski definition) is 5. The molecule has 0 bridgehead atoms. The van der Waals surface area contributed by atoms with Crippen molar-refractivity contribution in [1.29, 1.82) is 0 Å². The highest BCUT2D eigenvalue weighted by molar-refractivity contribution is 7.99. The molecular formula is C18H17N5O2S. The predicted octanol–water partition coefficient (Wildman–Crippen LogP) is 2.31. The molecule has 0 aliphatic rings. The van der Waals surface area contributed by atoms with Gasteiger partial charge in [0.05, 0.1) is 17.0 Å². The zero-order valence-corrected chi connectivity index (χ0v) is 14.9. The van der Waals surface area contributed by atoms with Gasteiger partial charge in [-0.05, 0) is 12.1 Å². The third-order valence-electron chi connectivity index (χ3n) is 3.67. The monoisotopic (exact) mass is 367 g/mol. The Morgan fingerprint density at radius 3 is 2.50 bits per heavy atom. The van der Waals surface area contributed by atoms with Crippen LogP contribution in [0.3, 0.4) is 0 Å². The molecule has 0 radical (unpaired) electrons. The Hall–Kier alpha value is -3.13. The van der Waals surface area contributed by atoms with Crippen LogP contribution in [0.2, 0.25) is 0 Å². The van der Waals surface area contributed by atoms with E-state index in [0.29, 0.717) is 10.8 Å². The van der Waals surface area contributed by atoms with Gasteiger partial charge in [-0.15, -0.1) is 10.2 Å². The van der Waals surface area contributed by atoms with Crippen molar-refractivity contribution in [2.75, 3.05) is 11.1 Å². The summed E-state index contributed by atoms with van der Waals surface area (Å²) in [5, 5.41) is 11.7. The van der Waals surface area contributed by atoms with Crippen molar-refractivity contribution in [1.82, 2.24) is 14.8 Å². The minimum Gasteiger partial charge on any atom is -0.366 e. The fraction of sp³-hybridized carbons (Fsp3) is 0.111. The van der Waals surface area contributed by atoms with E-state index in [0.717, 1.165) is 11.4 Å². The van der Waals surface area contributed by atoms with Crippen LogP contribution in [0.25, 0.3) is 11.4 Å². The van der Waals surface area contributed by atoms with Crippen molar-refractivity contribution in [3.05, 3.63) is 60.2 Å². The van der Waals surface area contributed by atoms with Crippen LogP contribution in [0, 0.1) is 0 Å². The van der Waals surface area contributed by atoms with E-state index in [1.807, 2.05) is 41.9 Å². The van der Waals surface area contributed by atoms with Crippen molar-refractivity contribution in [2.24, 2.45) is 12.8 Å². The van der Waals surface area contributed by atoms with Crippen LogP contribution in [0.5, 0.6) is 0 Å². The van der Waals surface area contributed by atoms with E-state index in [4.69, 9.17) is 5.73 Å². The molecule has 2 amide bonds. The van der Waals surface area contributed by atoms with Crippen LogP contribution >= 0.6 is 11.8 Å². The largest absolute Gasteiger partial charge is 0.366 e. The number of carbonyl (C=O) groups is 2. The molecule has 0 saturated carbocycles. The van der Waals surface area contributed by atoms with Gasteiger partial charge in [-0.3, -0.25) is 9.59 Å². The number of hydrogen-bond donors (Lipinski definition) is 2. The lowest BCUT2D eigenvalue weighted by Crippen LogP contribution is -2.19. The van der Waals surface area contributed by atoms with E-state index in [1.165, 1.54) is 11.8 Å². The van der Waals surface area contributed by atoms with Gasteiger partial charge in [0.1, 0.15) is 0 Å². The van der Waals surface area contributed by atoms with Gasteiger partial charge < -0.3 is 15.6 Å². The molecule has 7 nitrogen and oxygen atoms in total. The number of thioether (sulfide) groups is 1. The number of rotatable bonds is 6. The molecule has 1 heterocycles. The summed E-state index contributed by atoms with van der Waals surface area (Å²) in [6.45, 7) is 0. The molecule has 0 spiro atoms. The van der Waals surface area contributed by atoms with Crippen molar-refractivity contribution in [3.63, 3.8) is 0 Å². The number of aromatic nitrogens is 3. The van der Waals surface area contributed by atoms with Crippen molar-refractivity contribution >= 4 is 29.3 Å². The molecule has 0 aliphatic heterocycles. The maximum Gasteiger partial charge on any atom is 0.250 e. The normalized spacial score (nSPS) is 10.5. The minimum absolute atomic E-state index is 0.133. The van der Waals surface area contributed by atoms with Gasteiger partial charge >= 0.3 is 0 Å². The number of nitrogens with one attached hydrogen (secondary N) is 1. The number of carbonyl (C=O) groups excluding carboxylic acids is 2. The Kier molecular flexibility index (Phi) is 5.33. The van der Waals surface area contributed by atoms with E-state index in [2.05, 4.69) is 15.5 Å². The lowest BCUT2D eigenvalue weighted by molar-refractivity contribution is -0.113. The molecule has 26 heavy (non-hydrogen) atoms. The van der Waals surface area contributed by atoms with Crippen molar-refractivity contribution in [2.45, 2.75) is 5.16 Å². The molecule has 8 heteroatoms. The van der Waals surface area contributed by atoms with Crippen molar-refractivity contribution in [3.8, 4) is 11.4 Å². The Morgan fingerprint density at radius 2 is 1.77 bits per heavy atom. The van der Waals surface area contributed by atoms with Gasteiger partial charge in [-0.1, -0.05) is 54.2 Å². The smallest absolute Gasteiger partial charge is 0.250 e. The fourth-order valence-corrected chi connectivity index (χ4v) is 3.11. The summed E-state index contributed by atoms with van der Waals surface area (Å²) in [6.07, 6.45) is 0. The van der Waals surface area contributed by atoms with E-state index >= 15 is 0 Å². The molecule has 0 saturated heterocycles. The van der Waals surface area contributed by atoms with Gasteiger partial charge in [0.2, 0.25) is 5.91 Å². The van der Waals surface area contributed by atoms with E-state index in [-0.39, 0.29) is 17.2 Å². The number of primary amides is 1. The molecule has 0 atom stereocenters. The second-order valence-corrected chi connectivity index (χ2v) is 6.42. The summed E-state index contributed by atoms with van der Waals surface area (Å²) in [4.78, 5) is 23.6. The molecular weight excluding hydrogens is 350 g/mol. The van der Waals surface area contributed by atoms with Crippen LogP contribution in [-0.4, -0.2) is 32.3 Å². The Bertz CT molecular complexity index is 940. The average Bonchev–Trinajstić information content (AvgIpc) is 3.01. The zero-order valence-electron chi connectivity index (χ0n) is 14.0. The van der Waals surface area contributed by atoms with Crippen LogP contribution in [-0.2, 0) is 11.8 Å². The van der Waals surface area contributed by atoms with Crippen LogP contribution < -0.4 is 11.1 Å². The SMILES string of the molecule is Cn1c(SCC(=O)Nc2ccccc2C(N)=O)nnc1-c1ccccc1. The molecule has 3 aromatic rings. The van der Waals surface area contributed by atoms with Gasteiger partial charge in [0.25, 0.3) is 5.91 Å². The first kappa shape index (κ1) is 17.7. The first-order valence-corrected chi connectivity index (χ1v) is 8.81. The third kappa shape index (κ3) is 3.92. The Morgan fingerprint density at radius 1 is 1.08 bits per heavy atom. The maximum atomic E-state index is 12.2. The lowest BCUT2D eigenvalue weighted by atomic mass is 10.1. The van der Waals surface area contributed by atoms with Crippen LogP contribution in [0.4, 0.5) is 5.69 Å². The lowest BCUT2D eigenvalue weighted by Gasteiger charge is -2.08. The van der Waals surface area contributed by atoms with Crippen LogP contribution in [0.15, 0.2) is 59.8 Å². The summed E-state index contributed by atoms with van der Waals surface area (Å²) >= 11 is 1.27. The minimum atomic E-state index is -0.589. The number of anilines is 1. The summed E-state index contributed by atoms with van der Waals surface area (Å²) in [6, 6.07) is 16.3. The van der Waals surface area contributed by atoms with Crippen LogP contribution in [0.1, 0.15) is 10.4 Å². The topological polar surface area (TPSA) is 103 Å². The Labute approximate surface area is 154 Å². The summed E-state index contributed by atoms with van der Waals surface area (Å²) in [7, 11) is 1.85. The van der Waals surface area contributed by atoms with E-state index in [9.17, 15) is 9.59 Å². The fourth-order valence-electron chi connectivity index (χ4n) is 2.40. The van der Waals surface area contributed by atoms with E-state index < -0.39 is 5.91 Å². The van der Waals surface area contributed by atoms with Gasteiger partial charge in [0.15, 0.2) is 11.0 Å². The molecule has 0 aliphatic carbocycles. The predicted molar refractivity (Wildman–Crippen MR) is 101 cm³/mol. The average molecular weight is 367 g/mol. The first-order chi connectivity index (χ1) is 12.6. The standard InChI is InChI=1S/C18H17N5O2S/c1-23-17(12-7-3-2-4-8-12)21-22-18(23)26-11-15(24)20-14-10-6-5-9-13(14)16(19)25/h2-10H,11H2,1H3,(H2,19,25)(H,20,24). The maximum absolute atomic E-state index is 12.2. The molecule has 132 valence electrons. The highest BCUT2D eigenvalue weighted by atomic mass is 32.2. The quantitative estimate of drug-likeness (QED) is 0.651. The number of nitrogens with two attached hydrogens (primary N) is 1. The molecule has 3 rings (SSSR count). The molecule has 1 aromatic heterocycles. The molecule has 0 fully saturated rings. The second kappa shape index (κ2) is 7.83. The Balaban J connectivity index is 1.66. The van der Waals surface area contributed by atoms with Gasteiger partial charge in [-0.2, -0.15) is 0 Å². The summed E-state index contributed by atoms with van der Waals surface area (Å²) in [5.74, 6) is 0.0170. The second-order valence-electron chi connectivity index (χ2n) is 5.48. The molecule has 3 N–H and O–H groups in total. The summed E-state index contributed by atoms with van der Waals surface area (Å²) < 4.78 is 1.84. The zero-order chi connectivity index (χ0) is 18.5. The van der Waals surface area contributed by atoms with Gasteiger partial charge in [0, 0.05) is 12.6 Å². The summed E-state index contributed by atoms with van der Waals surface area (Å²) in [5.41, 5.74) is 6.94. The number of benzene rings is 2.